The van der Waals surface area contributed by atoms with Crippen molar-refractivity contribution in [2.24, 2.45) is 7.05 Å². The first-order valence-electron chi connectivity index (χ1n) is 10.1. The van der Waals surface area contributed by atoms with Crippen molar-refractivity contribution in [2.75, 3.05) is 25.0 Å². The Hall–Kier alpha value is -3.54. The van der Waals surface area contributed by atoms with Gasteiger partial charge in [0.1, 0.15) is 5.60 Å². The Morgan fingerprint density at radius 1 is 1.12 bits per heavy atom. The number of aryl methyl sites for hydroxylation is 1. The Bertz CT molecular complexity index is 952. The van der Waals surface area contributed by atoms with Crippen molar-refractivity contribution in [3.8, 4) is 11.4 Å². The van der Waals surface area contributed by atoms with E-state index in [2.05, 4.69) is 31.5 Å². The number of carbonyl (C=O) groups is 3. The molecule has 0 aliphatic heterocycles. The molecular weight excluding hydrogens is 418 g/mol. The molecule has 0 spiro atoms. The highest BCUT2D eigenvalue weighted by molar-refractivity contribution is 5.94. The van der Waals surface area contributed by atoms with Crippen LogP contribution in [0.5, 0.6) is 0 Å². The summed E-state index contributed by atoms with van der Waals surface area (Å²) in [5, 5.41) is 28.8. The van der Waals surface area contributed by atoms with Crippen molar-refractivity contribution < 1.29 is 24.2 Å². The lowest BCUT2D eigenvalue weighted by atomic mass is 10.1. The van der Waals surface area contributed by atoms with Crippen LogP contribution in [-0.2, 0) is 16.6 Å². The van der Waals surface area contributed by atoms with E-state index in [0.717, 1.165) is 6.42 Å². The predicted molar refractivity (Wildman–Crippen MR) is 116 cm³/mol. The molecule has 0 aliphatic carbocycles. The van der Waals surface area contributed by atoms with Crippen LogP contribution in [0.25, 0.3) is 11.4 Å². The van der Waals surface area contributed by atoms with Crippen LogP contribution < -0.4 is 16.0 Å². The van der Waals surface area contributed by atoms with E-state index >= 15 is 0 Å². The summed E-state index contributed by atoms with van der Waals surface area (Å²) >= 11 is 0. The number of rotatable bonds is 10. The van der Waals surface area contributed by atoms with Crippen LogP contribution in [0.1, 0.15) is 44.0 Å². The lowest BCUT2D eigenvalue weighted by Crippen LogP contribution is -2.32. The smallest absolute Gasteiger partial charge is 0.335 e. The molecule has 0 atom stereocenters. The van der Waals surface area contributed by atoms with Crippen LogP contribution in [0, 0.1) is 0 Å². The van der Waals surface area contributed by atoms with Gasteiger partial charge in [0.15, 0.2) is 5.82 Å². The SMILES string of the molecule is Cn1nnnc1-c1cc(NC(=O)NCCCCNCC(=O)OC(C)(C)C)cc(C(=O)O)c1. The normalized spacial score (nSPS) is 11.1. The number of hydrogen-bond donors (Lipinski definition) is 4. The molecule has 2 amide bonds. The van der Waals surface area contributed by atoms with Crippen LogP contribution in [0.2, 0.25) is 0 Å². The molecule has 0 bridgehead atoms. The van der Waals surface area contributed by atoms with Gasteiger partial charge >= 0.3 is 18.0 Å². The highest BCUT2D eigenvalue weighted by Crippen LogP contribution is 2.22. The molecule has 2 aromatic rings. The lowest BCUT2D eigenvalue weighted by molar-refractivity contribution is -0.153. The van der Waals surface area contributed by atoms with Gasteiger partial charge in [-0.05, 0) is 68.8 Å². The fraction of sp³-hybridized carbons (Fsp3) is 0.500. The number of carboxylic acids is 1. The van der Waals surface area contributed by atoms with E-state index in [4.69, 9.17) is 4.74 Å². The van der Waals surface area contributed by atoms with Gasteiger partial charge in [-0.1, -0.05) is 0 Å². The van der Waals surface area contributed by atoms with Crippen LogP contribution >= 0.6 is 0 Å². The number of esters is 1. The molecule has 2 rings (SSSR count). The molecular formula is C20H29N7O5. The first-order chi connectivity index (χ1) is 15.0. The molecule has 1 aromatic heterocycles. The quantitative estimate of drug-likeness (QED) is 0.312. The average molecular weight is 447 g/mol. The van der Waals surface area contributed by atoms with Gasteiger partial charge < -0.3 is 25.8 Å². The highest BCUT2D eigenvalue weighted by Gasteiger charge is 2.16. The largest absolute Gasteiger partial charge is 0.478 e. The van der Waals surface area contributed by atoms with Crippen LogP contribution in [0.3, 0.4) is 0 Å². The molecule has 32 heavy (non-hydrogen) atoms. The first-order valence-corrected chi connectivity index (χ1v) is 10.1. The molecule has 1 heterocycles. The zero-order valence-electron chi connectivity index (χ0n) is 18.6. The van der Waals surface area contributed by atoms with Crippen LogP contribution in [0.4, 0.5) is 10.5 Å². The first kappa shape index (κ1) is 24.7. The maximum absolute atomic E-state index is 12.2. The molecule has 0 radical (unpaired) electrons. The number of benzene rings is 1. The Kier molecular flexibility index (Phi) is 8.64. The van der Waals surface area contributed by atoms with E-state index in [1.165, 1.54) is 16.8 Å². The molecule has 0 aliphatic rings. The molecule has 0 unspecified atom stereocenters. The molecule has 4 N–H and O–H groups in total. The monoisotopic (exact) mass is 447 g/mol. The van der Waals surface area contributed by atoms with Gasteiger partial charge in [-0.15, -0.1) is 5.10 Å². The zero-order valence-corrected chi connectivity index (χ0v) is 18.6. The summed E-state index contributed by atoms with van der Waals surface area (Å²) in [6.07, 6.45) is 1.45. The van der Waals surface area contributed by atoms with E-state index in [1.807, 2.05) is 20.8 Å². The van der Waals surface area contributed by atoms with E-state index < -0.39 is 17.6 Å². The van der Waals surface area contributed by atoms with Crippen LogP contribution in [-0.4, -0.2) is 68.5 Å². The van der Waals surface area contributed by atoms with Crippen molar-refractivity contribution in [1.82, 2.24) is 30.8 Å². The van der Waals surface area contributed by atoms with E-state index in [0.29, 0.717) is 36.6 Å². The summed E-state index contributed by atoms with van der Waals surface area (Å²) in [5.74, 6) is -1.07. The van der Waals surface area contributed by atoms with E-state index in [-0.39, 0.29) is 18.1 Å². The number of tetrazole rings is 1. The summed E-state index contributed by atoms with van der Waals surface area (Å²) in [7, 11) is 1.63. The van der Waals surface area contributed by atoms with Crippen molar-refractivity contribution in [2.45, 2.75) is 39.2 Å². The molecule has 1 aromatic carbocycles. The minimum Gasteiger partial charge on any atom is -0.478 e. The highest BCUT2D eigenvalue weighted by atomic mass is 16.6. The van der Waals surface area contributed by atoms with Gasteiger partial charge in [-0.25, -0.2) is 14.3 Å². The molecule has 0 saturated carbocycles. The minimum absolute atomic E-state index is 0.00291. The van der Waals surface area contributed by atoms with Gasteiger partial charge in [-0.3, -0.25) is 4.79 Å². The molecule has 12 nitrogen and oxygen atoms in total. The van der Waals surface area contributed by atoms with Gasteiger partial charge in [0.2, 0.25) is 0 Å². The maximum Gasteiger partial charge on any atom is 0.335 e. The van der Waals surface area contributed by atoms with E-state index in [1.54, 1.807) is 13.1 Å². The number of aromatic nitrogens is 4. The summed E-state index contributed by atoms with van der Waals surface area (Å²) in [5.41, 5.74) is 0.256. The number of carboxylic acid groups (broad SMARTS) is 1. The molecule has 12 heteroatoms. The van der Waals surface area contributed by atoms with E-state index in [9.17, 15) is 19.5 Å². The second-order valence-corrected chi connectivity index (χ2v) is 8.08. The maximum atomic E-state index is 12.2. The number of hydrogen-bond acceptors (Lipinski definition) is 8. The minimum atomic E-state index is -1.13. The Labute approximate surface area is 185 Å². The third-order valence-corrected chi connectivity index (χ3v) is 4.07. The number of carbonyl (C=O) groups excluding carboxylic acids is 2. The van der Waals surface area contributed by atoms with Crippen LogP contribution in [0.15, 0.2) is 18.2 Å². The van der Waals surface area contributed by atoms with Crippen molar-refractivity contribution in [3.63, 3.8) is 0 Å². The predicted octanol–water partition coefficient (Wildman–Crippen LogP) is 1.41. The van der Waals surface area contributed by atoms with Gasteiger partial charge in [0.05, 0.1) is 12.1 Å². The van der Waals surface area contributed by atoms with Crippen molar-refractivity contribution in [3.05, 3.63) is 23.8 Å². The molecule has 174 valence electrons. The fourth-order valence-electron chi connectivity index (χ4n) is 2.75. The fourth-order valence-corrected chi connectivity index (χ4v) is 2.75. The second kappa shape index (κ2) is 11.2. The zero-order chi connectivity index (χ0) is 23.7. The third kappa shape index (κ3) is 8.30. The number of anilines is 1. The van der Waals surface area contributed by atoms with Gasteiger partial charge in [0.25, 0.3) is 0 Å². The summed E-state index contributed by atoms with van der Waals surface area (Å²) < 4.78 is 6.60. The lowest BCUT2D eigenvalue weighted by Gasteiger charge is -2.19. The van der Waals surface area contributed by atoms with Gasteiger partial charge in [-0.2, -0.15) is 0 Å². The number of ether oxygens (including phenoxy) is 1. The summed E-state index contributed by atoms with van der Waals surface area (Å²) in [6, 6.07) is 3.92. The number of nitrogens with zero attached hydrogens (tertiary/aromatic N) is 4. The number of urea groups is 1. The molecule has 0 fully saturated rings. The average Bonchev–Trinajstić information content (AvgIpc) is 3.11. The second-order valence-electron chi connectivity index (χ2n) is 8.08. The summed E-state index contributed by atoms with van der Waals surface area (Å²) in [6.45, 7) is 6.60. The Balaban J connectivity index is 1.77. The number of unbranched alkanes of at least 4 members (excludes halogenated alkanes) is 1. The number of amides is 2. The third-order valence-electron chi connectivity index (χ3n) is 4.07. The van der Waals surface area contributed by atoms with Crippen molar-refractivity contribution in [1.29, 1.82) is 0 Å². The molecule has 0 saturated heterocycles. The van der Waals surface area contributed by atoms with Crippen molar-refractivity contribution >= 4 is 23.7 Å². The summed E-state index contributed by atoms with van der Waals surface area (Å²) in [4.78, 5) is 35.2. The Morgan fingerprint density at radius 3 is 2.47 bits per heavy atom. The topological polar surface area (TPSA) is 160 Å². The van der Waals surface area contributed by atoms with Gasteiger partial charge in [0, 0.05) is 24.8 Å². The Morgan fingerprint density at radius 2 is 1.84 bits per heavy atom. The number of aromatic carboxylic acids is 1. The standard InChI is InChI=1S/C20H29N7O5/c1-20(2,3)32-16(28)12-21-7-5-6-8-22-19(31)23-15-10-13(9-14(11-15)18(29)30)17-24-25-26-27(17)4/h9-11,21H,5-8,12H2,1-4H3,(H,29,30)(H2,22,23,31). The number of nitrogens with one attached hydrogen (secondary N) is 3.